The molecule has 0 saturated heterocycles. The van der Waals surface area contributed by atoms with Crippen LogP contribution in [0.3, 0.4) is 0 Å². The maximum absolute atomic E-state index is 13.9. The number of benzene rings is 2. The predicted molar refractivity (Wildman–Crippen MR) is 145 cm³/mol. The van der Waals surface area contributed by atoms with Crippen LogP contribution in [0.25, 0.3) is 0 Å². The van der Waals surface area contributed by atoms with E-state index < -0.39 is 27.4 Å². The molecule has 1 aliphatic heterocycles. The lowest BCUT2D eigenvalue weighted by atomic mass is 9.86. The maximum Gasteiger partial charge on any atom is 0.281 e. The Hall–Kier alpha value is -3.43. The van der Waals surface area contributed by atoms with Crippen molar-refractivity contribution in [1.29, 1.82) is 0 Å². The number of carbonyl (C=O) groups excluding carboxylic acids is 1. The van der Waals surface area contributed by atoms with Gasteiger partial charge in [-0.1, -0.05) is 56.6 Å². The highest BCUT2D eigenvalue weighted by Crippen LogP contribution is 2.37. The molecule has 0 spiro atoms. The number of anilines is 2. The zero-order valence-corrected chi connectivity index (χ0v) is 22.5. The Kier molecular flexibility index (Phi) is 7.57. The van der Waals surface area contributed by atoms with Crippen molar-refractivity contribution < 1.29 is 18.0 Å². The van der Waals surface area contributed by atoms with Gasteiger partial charge in [0.2, 0.25) is 5.91 Å². The zero-order chi connectivity index (χ0) is 26.8. The lowest BCUT2D eigenvalue weighted by Crippen LogP contribution is -2.44. The van der Waals surface area contributed by atoms with Gasteiger partial charge in [0.25, 0.3) is 10.0 Å². The van der Waals surface area contributed by atoms with E-state index in [-0.39, 0.29) is 17.9 Å². The molecule has 4 rings (SSSR count). The third-order valence-electron chi connectivity index (χ3n) is 6.28. The topological polar surface area (TPSA) is 105 Å². The second-order valence-electron chi connectivity index (χ2n) is 9.96. The minimum atomic E-state index is -4.12. The molecule has 0 fully saturated rings. The van der Waals surface area contributed by atoms with Crippen molar-refractivity contribution in [3.8, 4) is 0 Å². The number of sulfonamides is 1. The maximum atomic E-state index is 13.9. The number of hydrogen-bond acceptors (Lipinski definition) is 6. The van der Waals surface area contributed by atoms with E-state index in [1.165, 1.54) is 18.3 Å². The van der Waals surface area contributed by atoms with Crippen molar-refractivity contribution in [2.24, 2.45) is 5.41 Å². The molecule has 1 aromatic heterocycles. The molecule has 8 nitrogen and oxygen atoms in total. The quantitative estimate of drug-likeness (QED) is 0.352. The molecule has 1 unspecified atom stereocenters. The van der Waals surface area contributed by atoms with Crippen molar-refractivity contribution in [3.63, 3.8) is 0 Å². The Bertz CT molecular complexity index is 1420. The summed E-state index contributed by atoms with van der Waals surface area (Å²) in [5.74, 6) is -0.724. The number of hydroxylamine groups is 1. The Morgan fingerprint density at radius 1 is 1.14 bits per heavy atom. The van der Waals surface area contributed by atoms with E-state index in [9.17, 15) is 18.4 Å². The summed E-state index contributed by atoms with van der Waals surface area (Å²) in [4.78, 5) is 18.6. The Balaban J connectivity index is 1.70. The lowest BCUT2D eigenvalue weighted by Gasteiger charge is -2.33. The molecule has 1 aliphatic rings. The molecule has 194 valence electrons. The van der Waals surface area contributed by atoms with Gasteiger partial charge in [-0.2, -0.15) is 8.42 Å². The first-order valence-electron chi connectivity index (χ1n) is 11.9. The van der Waals surface area contributed by atoms with E-state index >= 15 is 0 Å². The molecule has 1 N–H and O–H groups in total. The van der Waals surface area contributed by atoms with Crippen LogP contribution in [0.2, 0.25) is 5.02 Å². The first kappa shape index (κ1) is 26.6. The van der Waals surface area contributed by atoms with Crippen LogP contribution < -0.4 is 9.62 Å². The third kappa shape index (κ3) is 5.94. The van der Waals surface area contributed by atoms with Crippen LogP contribution in [0, 0.1) is 10.6 Å². The van der Waals surface area contributed by atoms with E-state index in [0.717, 1.165) is 16.1 Å². The highest BCUT2D eigenvalue weighted by molar-refractivity contribution is 7.90. The number of nitrogens with one attached hydrogen (secondary N) is 1. The molecule has 2 heterocycles. The SMILES string of the molecule is CC(C)(C)C1CN(c2ccccc2)c2cc(Cl)ccc2C(CCC(=O)NS(=O)(=O)c2ccccn2)=[N+]1[O-]. The smallest absolute Gasteiger partial charge is 0.281 e. The minimum Gasteiger partial charge on any atom is -0.623 e. The lowest BCUT2D eigenvalue weighted by molar-refractivity contribution is -0.516. The fourth-order valence-corrected chi connectivity index (χ4v) is 5.47. The predicted octanol–water partition coefficient (Wildman–Crippen LogP) is 4.89. The molecule has 0 bridgehead atoms. The van der Waals surface area contributed by atoms with Crippen LogP contribution in [-0.4, -0.2) is 42.3 Å². The van der Waals surface area contributed by atoms with E-state index in [1.54, 1.807) is 18.2 Å². The second-order valence-corrected chi connectivity index (χ2v) is 12.0. The van der Waals surface area contributed by atoms with Gasteiger partial charge in [-0.3, -0.25) is 4.79 Å². The number of halogens is 1. The molecule has 37 heavy (non-hydrogen) atoms. The summed E-state index contributed by atoms with van der Waals surface area (Å²) in [5.41, 5.74) is 2.30. The normalized spacial score (nSPS) is 16.2. The van der Waals surface area contributed by atoms with Crippen molar-refractivity contribution in [2.45, 2.75) is 44.7 Å². The molecule has 10 heteroatoms. The number of hydrogen-bond donors (Lipinski definition) is 1. The highest BCUT2D eigenvalue weighted by atomic mass is 35.5. The van der Waals surface area contributed by atoms with Gasteiger partial charge in [-0.25, -0.2) is 14.4 Å². The van der Waals surface area contributed by atoms with Crippen molar-refractivity contribution >= 4 is 44.6 Å². The van der Waals surface area contributed by atoms with Crippen LogP contribution in [-0.2, 0) is 14.8 Å². The van der Waals surface area contributed by atoms with E-state index in [4.69, 9.17) is 11.6 Å². The summed E-state index contributed by atoms with van der Waals surface area (Å²) in [7, 11) is -4.12. The van der Waals surface area contributed by atoms with Crippen molar-refractivity contribution in [1.82, 2.24) is 9.71 Å². The Labute approximate surface area is 222 Å². The summed E-state index contributed by atoms with van der Waals surface area (Å²) in [5, 5.41) is 14.2. The Morgan fingerprint density at radius 2 is 1.84 bits per heavy atom. The molecule has 1 atom stereocenters. The van der Waals surface area contributed by atoms with Crippen LogP contribution in [0.5, 0.6) is 0 Å². The molecule has 1 amide bonds. The third-order valence-corrected chi connectivity index (χ3v) is 7.81. The van der Waals surface area contributed by atoms with Crippen LogP contribution in [0.1, 0.15) is 39.2 Å². The fraction of sp³-hybridized carbons (Fsp3) is 0.296. The van der Waals surface area contributed by atoms with Gasteiger partial charge in [0.15, 0.2) is 16.8 Å². The van der Waals surface area contributed by atoms with Gasteiger partial charge in [-0.05, 0) is 42.5 Å². The summed E-state index contributed by atoms with van der Waals surface area (Å²) in [6.45, 7) is 6.39. The number of rotatable bonds is 6. The zero-order valence-electron chi connectivity index (χ0n) is 20.9. The molecule has 0 saturated carbocycles. The summed E-state index contributed by atoms with van der Waals surface area (Å²) in [6, 6.07) is 19.0. The number of nitrogens with zero attached hydrogens (tertiary/aromatic N) is 3. The van der Waals surface area contributed by atoms with Crippen LogP contribution >= 0.6 is 11.6 Å². The summed E-state index contributed by atoms with van der Waals surface area (Å²) >= 11 is 6.39. The first-order valence-corrected chi connectivity index (χ1v) is 13.7. The number of benzodiazepines with no additional fused rings is 1. The van der Waals surface area contributed by atoms with Gasteiger partial charge in [0.05, 0.1) is 17.8 Å². The number of amides is 1. The van der Waals surface area contributed by atoms with E-state index in [0.29, 0.717) is 22.8 Å². The monoisotopic (exact) mass is 540 g/mol. The molecular formula is C27H29ClN4O4S. The highest BCUT2D eigenvalue weighted by Gasteiger charge is 2.40. The standard InChI is InChI=1S/C27H29ClN4O4S/c1-27(2,3)24-18-31(20-9-5-4-6-10-20)23-17-19(28)12-13-21(23)22(32(24)34)14-15-25(33)30-37(35,36)26-11-7-8-16-29-26/h4-13,16-17,24H,14-15,18H2,1-3H3,(H,30,33). The molecular weight excluding hydrogens is 512 g/mol. The van der Waals surface area contributed by atoms with E-state index in [2.05, 4.69) is 14.6 Å². The first-order chi connectivity index (χ1) is 17.5. The van der Waals surface area contributed by atoms with Gasteiger partial charge >= 0.3 is 0 Å². The van der Waals surface area contributed by atoms with Crippen molar-refractivity contribution in [3.05, 3.63) is 88.7 Å². The summed E-state index contributed by atoms with van der Waals surface area (Å²) < 4.78 is 28.1. The minimum absolute atomic E-state index is 0.0386. The number of carbonyl (C=O) groups is 1. The van der Waals surface area contributed by atoms with Crippen LogP contribution in [0.15, 0.2) is 78.0 Å². The molecule has 0 aliphatic carbocycles. The summed E-state index contributed by atoms with van der Waals surface area (Å²) in [6.07, 6.45) is 1.17. The number of para-hydroxylation sites is 1. The van der Waals surface area contributed by atoms with Gasteiger partial charge in [0.1, 0.15) is 0 Å². The Morgan fingerprint density at radius 3 is 2.49 bits per heavy atom. The molecule has 3 aromatic rings. The fourth-order valence-electron chi connectivity index (χ4n) is 4.34. The van der Waals surface area contributed by atoms with Gasteiger partial charge in [-0.15, -0.1) is 0 Å². The molecule has 2 aromatic carbocycles. The van der Waals surface area contributed by atoms with Gasteiger partial charge in [0, 0.05) is 35.2 Å². The largest absolute Gasteiger partial charge is 0.623 e. The van der Waals surface area contributed by atoms with Crippen LogP contribution in [0.4, 0.5) is 11.4 Å². The number of aromatic nitrogens is 1. The van der Waals surface area contributed by atoms with Crippen molar-refractivity contribution in [2.75, 3.05) is 11.4 Å². The molecule has 0 radical (unpaired) electrons. The van der Waals surface area contributed by atoms with E-state index in [1.807, 2.05) is 57.2 Å². The number of fused-ring (bicyclic) bond motifs is 1. The average molecular weight is 541 g/mol. The second kappa shape index (κ2) is 10.5. The average Bonchev–Trinajstić information content (AvgIpc) is 2.97. The van der Waals surface area contributed by atoms with Gasteiger partial charge < -0.3 is 10.1 Å². The number of pyridine rings is 1.